The monoisotopic (exact) mass is 310 g/mol. The molecule has 1 heterocycles. The highest BCUT2D eigenvalue weighted by Gasteiger charge is 2.50. The van der Waals surface area contributed by atoms with Crippen LogP contribution in [-0.4, -0.2) is 48.1 Å². The molecule has 6 nitrogen and oxygen atoms in total. The number of Topliss-reactive ketones (excluding diaryl/α,β-unsaturated/α-hetero) is 2. The molecule has 1 fully saturated rings. The van der Waals surface area contributed by atoms with Crippen LogP contribution in [0.1, 0.15) is 33.6 Å². The summed E-state index contributed by atoms with van der Waals surface area (Å²) in [6.45, 7) is 4.81. The van der Waals surface area contributed by atoms with Crippen molar-refractivity contribution >= 4 is 17.5 Å². The summed E-state index contributed by atoms with van der Waals surface area (Å²) in [4.78, 5) is 35.5. The fourth-order valence-corrected chi connectivity index (χ4v) is 3.42. The lowest BCUT2D eigenvalue weighted by Gasteiger charge is -2.25. The Balaban J connectivity index is 2.35. The van der Waals surface area contributed by atoms with Crippen molar-refractivity contribution < 1.29 is 29.0 Å². The molecule has 22 heavy (non-hydrogen) atoms. The minimum absolute atomic E-state index is 0.0592. The first-order valence-corrected chi connectivity index (χ1v) is 7.42. The molecule has 0 unspecified atom stereocenters. The number of aliphatic hydroxyl groups is 1. The molecule has 1 aliphatic carbocycles. The van der Waals surface area contributed by atoms with E-state index in [0.29, 0.717) is 5.57 Å². The van der Waals surface area contributed by atoms with Crippen molar-refractivity contribution in [1.82, 2.24) is 0 Å². The molecule has 6 heteroatoms. The molecule has 0 aromatic heterocycles. The minimum atomic E-state index is -1.02. The Bertz CT molecular complexity index is 535. The molecule has 2 aliphatic rings. The van der Waals surface area contributed by atoms with Gasteiger partial charge in [-0.05, 0) is 19.4 Å². The average molecular weight is 310 g/mol. The topological polar surface area (TPSA) is 89.9 Å². The number of aliphatic hydroxyl groups excluding tert-OH is 1. The number of hydrogen-bond donors (Lipinski definition) is 1. The number of ketones is 2. The van der Waals surface area contributed by atoms with Crippen molar-refractivity contribution in [2.45, 2.75) is 51.9 Å². The average Bonchev–Trinajstić information content (AvgIpc) is 2.86. The summed E-state index contributed by atoms with van der Waals surface area (Å²) in [7, 11) is 1.52. The third-order valence-corrected chi connectivity index (χ3v) is 4.63. The Morgan fingerprint density at radius 2 is 2.09 bits per heavy atom. The quantitative estimate of drug-likeness (QED) is 0.756. The first kappa shape index (κ1) is 16.8. The highest BCUT2D eigenvalue weighted by Crippen LogP contribution is 2.40. The molecule has 0 spiro atoms. The first-order chi connectivity index (χ1) is 10.3. The Kier molecular flexibility index (Phi) is 4.82. The highest BCUT2D eigenvalue weighted by molar-refractivity contribution is 6.01. The summed E-state index contributed by atoms with van der Waals surface area (Å²) in [6.07, 6.45) is -1.97. The summed E-state index contributed by atoms with van der Waals surface area (Å²) < 4.78 is 10.6. The Hall–Kier alpha value is -1.53. The van der Waals surface area contributed by atoms with E-state index in [0.717, 1.165) is 5.57 Å². The fourth-order valence-electron chi connectivity index (χ4n) is 3.42. The van der Waals surface area contributed by atoms with Gasteiger partial charge in [-0.25, -0.2) is 0 Å². The van der Waals surface area contributed by atoms with Crippen LogP contribution in [0.3, 0.4) is 0 Å². The van der Waals surface area contributed by atoms with E-state index >= 15 is 0 Å². The number of carbonyl (C=O) groups is 3. The van der Waals surface area contributed by atoms with E-state index in [4.69, 9.17) is 9.47 Å². The van der Waals surface area contributed by atoms with Gasteiger partial charge >= 0.3 is 5.97 Å². The number of esters is 1. The molecule has 0 saturated carbocycles. The van der Waals surface area contributed by atoms with Crippen LogP contribution in [0.5, 0.6) is 0 Å². The third kappa shape index (κ3) is 2.85. The van der Waals surface area contributed by atoms with Gasteiger partial charge in [0.25, 0.3) is 0 Å². The van der Waals surface area contributed by atoms with E-state index in [-0.39, 0.29) is 30.5 Å². The molecular formula is C16H22O6. The van der Waals surface area contributed by atoms with Gasteiger partial charge in [-0.3, -0.25) is 14.4 Å². The molecule has 5 atom stereocenters. The van der Waals surface area contributed by atoms with Gasteiger partial charge in [-0.15, -0.1) is 0 Å². The zero-order valence-electron chi connectivity index (χ0n) is 13.3. The van der Waals surface area contributed by atoms with Gasteiger partial charge in [0, 0.05) is 31.4 Å². The molecule has 0 bridgehead atoms. The van der Waals surface area contributed by atoms with E-state index in [9.17, 15) is 19.5 Å². The molecule has 1 N–H and O–H groups in total. The van der Waals surface area contributed by atoms with Crippen LogP contribution < -0.4 is 0 Å². The van der Waals surface area contributed by atoms with Gasteiger partial charge in [-0.1, -0.05) is 6.92 Å². The maximum Gasteiger partial charge on any atom is 0.309 e. The zero-order chi connectivity index (χ0) is 16.6. The second kappa shape index (κ2) is 6.30. The SMILES string of the molecule is CO[C@@H]1CC(=O)C([C@H]2OC(=O)[C@@H](C)[C@@H]2[C@@H](O)CC(C)=O)=C1C. The maximum absolute atomic E-state index is 12.3. The Labute approximate surface area is 129 Å². The van der Waals surface area contributed by atoms with Crippen molar-refractivity contribution in [2.24, 2.45) is 11.8 Å². The Morgan fingerprint density at radius 3 is 2.59 bits per heavy atom. The van der Waals surface area contributed by atoms with Crippen molar-refractivity contribution in [3.8, 4) is 0 Å². The molecular weight excluding hydrogens is 288 g/mol. The predicted molar refractivity (Wildman–Crippen MR) is 77.0 cm³/mol. The molecule has 2 rings (SSSR count). The van der Waals surface area contributed by atoms with E-state index < -0.39 is 30.0 Å². The minimum Gasteiger partial charge on any atom is -0.457 e. The molecule has 0 aromatic carbocycles. The summed E-state index contributed by atoms with van der Waals surface area (Å²) in [5.74, 6) is -1.91. The van der Waals surface area contributed by atoms with Crippen LogP contribution in [-0.2, 0) is 23.9 Å². The van der Waals surface area contributed by atoms with Gasteiger partial charge in [0.1, 0.15) is 11.9 Å². The van der Waals surface area contributed by atoms with Gasteiger partial charge < -0.3 is 14.6 Å². The van der Waals surface area contributed by atoms with Crippen LogP contribution in [0.2, 0.25) is 0 Å². The van der Waals surface area contributed by atoms with E-state index in [1.807, 2.05) is 0 Å². The van der Waals surface area contributed by atoms with Crippen molar-refractivity contribution in [2.75, 3.05) is 7.11 Å². The normalized spacial score (nSPS) is 33.3. The lowest BCUT2D eigenvalue weighted by Crippen LogP contribution is -2.35. The number of cyclic esters (lactones) is 1. The summed E-state index contributed by atoms with van der Waals surface area (Å²) in [5, 5.41) is 10.3. The van der Waals surface area contributed by atoms with Crippen molar-refractivity contribution in [3.63, 3.8) is 0 Å². The van der Waals surface area contributed by atoms with Crippen LogP contribution in [0.25, 0.3) is 0 Å². The largest absolute Gasteiger partial charge is 0.457 e. The molecule has 0 aromatic rings. The molecule has 0 amide bonds. The molecule has 1 aliphatic heterocycles. The van der Waals surface area contributed by atoms with Gasteiger partial charge in [-0.2, -0.15) is 0 Å². The van der Waals surface area contributed by atoms with E-state index in [1.165, 1.54) is 14.0 Å². The smallest absolute Gasteiger partial charge is 0.309 e. The second-order valence-corrected chi connectivity index (χ2v) is 6.15. The summed E-state index contributed by atoms with van der Waals surface area (Å²) >= 11 is 0. The first-order valence-electron chi connectivity index (χ1n) is 7.42. The second-order valence-electron chi connectivity index (χ2n) is 6.15. The third-order valence-electron chi connectivity index (χ3n) is 4.63. The van der Waals surface area contributed by atoms with Crippen LogP contribution in [0.15, 0.2) is 11.1 Å². The van der Waals surface area contributed by atoms with Crippen molar-refractivity contribution in [1.29, 1.82) is 0 Å². The number of ether oxygens (including phenoxy) is 2. The molecule has 1 saturated heterocycles. The van der Waals surface area contributed by atoms with Gasteiger partial charge in [0.15, 0.2) is 5.78 Å². The van der Waals surface area contributed by atoms with Gasteiger partial charge in [0.05, 0.1) is 18.1 Å². The number of methoxy groups -OCH3 is 1. The van der Waals surface area contributed by atoms with E-state index in [1.54, 1.807) is 13.8 Å². The van der Waals surface area contributed by atoms with Gasteiger partial charge in [0.2, 0.25) is 0 Å². The lowest BCUT2D eigenvalue weighted by molar-refractivity contribution is -0.143. The predicted octanol–water partition coefficient (Wildman–Crippen LogP) is 0.808. The fraction of sp³-hybridized carbons (Fsp3) is 0.688. The Morgan fingerprint density at radius 1 is 1.45 bits per heavy atom. The van der Waals surface area contributed by atoms with Crippen LogP contribution in [0.4, 0.5) is 0 Å². The molecule has 0 radical (unpaired) electrons. The summed E-state index contributed by atoms with van der Waals surface area (Å²) in [6, 6.07) is 0. The molecule has 122 valence electrons. The lowest BCUT2D eigenvalue weighted by atomic mass is 9.81. The zero-order valence-corrected chi connectivity index (χ0v) is 13.3. The van der Waals surface area contributed by atoms with Crippen LogP contribution >= 0.6 is 0 Å². The van der Waals surface area contributed by atoms with Crippen molar-refractivity contribution in [3.05, 3.63) is 11.1 Å². The number of carbonyl (C=O) groups excluding carboxylic acids is 3. The van der Waals surface area contributed by atoms with Crippen LogP contribution in [0, 0.1) is 11.8 Å². The van der Waals surface area contributed by atoms with E-state index in [2.05, 4.69) is 0 Å². The maximum atomic E-state index is 12.3. The summed E-state index contributed by atoms with van der Waals surface area (Å²) in [5.41, 5.74) is 1.15. The standard InChI is InChI=1S/C16H22O6/c1-7(17)5-10(18)14-9(3)16(20)22-15(14)13-8(2)12(21-4)6-11(13)19/h9-10,12,14-15,18H,5-6H2,1-4H3/t9-,10-,12+,14+,15+/m0/s1. The number of hydrogen-bond acceptors (Lipinski definition) is 6. The number of rotatable bonds is 5. The highest BCUT2D eigenvalue weighted by atomic mass is 16.6.